The van der Waals surface area contributed by atoms with E-state index >= 15 is 0 Å². The van der Waals surface area contributed by atoms with E-state index in [1.807, 2.05) is 24.3 Å². The van der Waals surface area contributed by atoms with Crippen LogP contribution in [0.2, 0.25) is 0 Å². The van der Waals surface area contributed by atoms with Gasteiger partial charge in [-0.25, -0.2) is 0 Å². The third-order valence-corrected chi connectivity index (χ3v) is 3.22. The average molecular weight is 275 g/mol. The van der Waals surface area contributed by atoms with Crippen molar-refractivity contribution >= 4 is 11.8 Å². The summed E-state index contributed by atoms with van der Waals surface area (Å²) in [5, 5.41) is 16.9. The lowest BCUT2D eigenvalue weighted by atomic mass is 10.1. The van der Waals surface area contributed by atoms with E-state index in [9.17, 15) is 0 Å². The maximum Gasteiger partial charge on any atom is 0.276 e. The van der Waals surface area contributed by atoms with Gasteiger partial charge in [0, 0.05) is 12.2 Å². The van der Waals surface area contributed by atoms with Crippen LogP contribution in [-0.4, -0.2) is 23.1 Å². The average Bonchev–Trinajstić information content (AvgIpc) is 2.88. The molecule has 1 heterocycles. The molecule has 0 spiro atoms. The van der Waals surface area contributed by atoms with Crippen molar-refractivity contribution in [1.82, 2.24) is 10.2 Å². The highest BCUT2D eigenvalue weighted by Gasteiger charge is 2.07. The standard InChI is InChI=1S/C13H13N3O2S/c1-17-11-5-3-10(4-6-11)9-12-15-16-13(18-12)19-8-2-7-14/h3-6H,2,8-9H2,1H3. The quantitative estimate of drug-likeness (QED) is 0.596. The second kappa shape index (κ2) is 6.81. The topological polar surface area (TPSA) is 71.9 Å². The van der Waals surface area contributed by atoms with E-state index in [0.717, 1.165) is 11.3 Å². The first-order valence-electron chi connectivity index (χ1n) is 5.77. The highest BCUT2D eigenvalue weighted by Crippen LogP contribution is 2.19. The Morgan fingerprint density at radius 2 is 2.11 bits per heavy atom. The van der Waals surface area contributed by atoms with Crippen molar-refractivity contribution in [2.24, 2.45) is 0 Å². The van der Waals surface area contributed by atoms with E-state index in [1.165, 1.54) is 11.8 Å². The Hall–Kier alpha value is -2.00. The largest absolute Gasteiger partial charge is 0.497 e. The van der Waals surface area contributed by atoms with Crippen LogP contribution in [0.1, 0.15) is 17.9 Å². The van der Waals surface area contributed by atoms with Crippen LogP contribution in [0.4, 0.5) is 0 Å². The first kappa shape index (κ1) is 13.4. The molecule has 0 aliphatic rings. The van der Waals surface area contributed by atoms with Crippen LogP contribution in [0.5, 0.6) is 5.75 Å². The van der Waals surface area contributed by atoms with E-state index in [1.54, 1.807) is 7.11 Å². The zero-order chi connectivity index (χ0) is 13.5. The summed E-state index contributed by atoms with van der Waals surface area (Å²) in [6.07, 6.45) is 1.07. The Morgan fingerprint density at radius 3 is 2.79 bits per heavy atom. The molecule has 2 rings (SSSR count). The SMILES string of the molecule is COc1ccc(Cc2nnc(SCCC#N)o2)cc1. The Labute approximate surface area is 115 Å². The molecule has 0 unspecified atom stereocenters. The second-order valence-electron chi connectivity index (χ2n) is 3.74. The lowest BCUT2D eigenvalue weighted by molar-refractivity contribution is 0.413. The van der Waals surface area contributed by atoms with Gasteiger partial charge in [0.2, 0.25) is 5.89 Å². The van der Waals surface area contributed by atoms with Gasteiger partial charge in [0.1, 0.15) is 5.75 Å². The summed E-state index contributed by atoms with van der Waals surface area (Å²) in [5.41, 5.74) is 1.08. The van der Waals surface area contributed by atoms with Gasteiger partial charge in [-0.3, -0.25) is 0 Å². The lowest BCUT2D eigenvalue weighted by Gasteiger charge is -2.00. The summed E-state index contributed by atoms with van der Waals surface area (Å²) in [6.45, 7) is 0. The van der Waals surface area contributed by atoms with Crippen molar-refractivity contribution < 1.29 is 9.15 Å². The molecule has 0 saturated heterocycles. The second-order valence-corrected chi connectivity index (χ2v) is 4.79. The van der Waals surface area contributed by atoms with E-state index in [2.05, 4.69) is 16.3 Å². The van der Waals surface area contributed by atoms with Crippen LogP contribution in [0.15, 0.2) is 33.9 Å². The number of benzene rings is 1. The molecular formula is C13H13N3O2S. The molecule has 0 radical (unpaired) electrons. The zero-order valence-electron chi connectivity index (χ0n) is 10.5. The number of methoxy groups -OCH3 is 1. The monoisotopic (exact) mass is 275 g/mol. The number of rotatable bonds is 6. The molecule has 6 heteroatoms. The van der Waals surface area contributed by atoms with Gasteiger partial charge in [0.05, 0.1) is 19.6 Å². The lowest BCUT2D eigenvalue weighted by Crippen LogP contribution is -1.89. The van der Waals surface area contributed by atoms with Gasteiger partial charge >= 0.3 is 0 Å². The Bertz CT molecular complexity index is 560. The molecule has 0 fully saturated rings. The molecular weight excluding hydrogens is 262 g/mol. The first-order valence-corrected chi connectivity index (χ1v) is 6.75. The first-order chi connectivity index (χ1) is 9.31. The van der Waals surface area contributed by atoms with Gasteiger partial charge in [0.15, 0.2) is 0 Å². The summed E-state index contributed by atoms with van der Waals surface area (Å²) < 4.78 is 10.6. The number of thioether (sulfide) groups is 1. The molecule has 0 atom stereocenters. The van der Waals surface area contributed by atoms with Crippen molar-refractivity contribution in [2.45, 2.75) is 18.1 Å². The molecule has 0 bridgehead atoms. The van der Waals surface area contributed by atoms with E-state index < -0.39 is 0 Å². The molecule has 0 N–H and O–H groups in total. The minimum absolute atomic E-state index is 0.473. The van der Waals surface area contributed by atoms with Gasteiger partial charge < -0.3 is 9.15 Å². The summed E-state index contributed by atoms with van der Waals surface area (Å²) in [4.78, 5) is 0. The van der Waals surface area contributed by atoms with Crippen molar-refractivity contribution in [3.63, 3.8) is 0 Å². The van der Waals surface area contributed by atoms with E-state index in [0.29, 0.717) is 29.7 Å². The fourth-order valence-corrected chi connectivity index (χ4v) is 2.09. The molecule has 2 aromatic rings. The highest BCUT2D eigenvalue weighted by atomic mass is 32.2. The summed E-state index contributed by atoms with van der Waals surface area (Å²) >= 11 is 1.40. The molecule has 0 amide bonds. The van der Waals surface area contributed by atoms with E-state index in [-0.39, 0.29) is 0 Å². The predicted molar refractivity (Wildman–Crippen MR) is 71.1 cm³/mol. The summed E-state index contributed by atoms with van der Waals surface area (Å²) in [7, 11) is 1.64. The molecule has 98 valence electrons. The van der Waals surface area contributed by atoms with Crippen molar-refractivity contribution in [3.05, 3.63) is 35.7 Å². The highest BCUT2D eigenvalue weighted by molar-refractivity contribution is 7.99. The molecule has 5 nitrogen and oxygen atoms in total. The van der Waals surface area contributed by atoms with Gasteiger partial charge in [-0.05, 0) is 17.7 Å². The smallest absolute Gasteiger partial charge is 0.276 e. The maximum absolute atomic E-state index is 8.45. The van der Waals surface area contributed by atoms with Crippen molar-refractivity contribution in [1.29, 1.82) is 5.26 Å². The number of nitriles is 1. The number of hydrogen-bond acceptors (Lipinski definition) is 6. The van der Waals surface area contributed by atoms with Crippen LogP contribution in [-0.2, 0) is 6.42 Å². The third kappa shape index (κ3) is 4.00. The van der Waals surface area contributed by atoms with E-state index in [4.69, 9.17) is 14.4 Å². The van der Waals surface area contributed by atoms with Crippen LogP contribution in [0.25, 0.3) is 0 Å². The number of hydrogen-bond donors (Lipinski definition) is 0. The summed E-state index contributed by atoms with van der Waals surface area (Å²) in [5.74, 6) is 2.06. The molecule has 19 heavy (non-hydrogen) atoms. The fourth-order valence-electron chi connectivity index (χ4n) is 1.47. The third-order valence-electron chi connectivity index (χ3n) is 2.40. The van der Waals surface area contributed by atoms with Gasteiger partial charge in [0.25, 0.3) is 5.22 Å². The van der Waals surface area contributed by atoms with Crippen molar-refractivity contribution in [2.75, 3.05) is 12.9 Å². The number of nitrogens with zero attached hydrogens (tertiary/aromatic N) is 3. The normalized spacial score (nSPS) is 10.1. The van der Waals surface area contributed by atoms with Gasteiger partial charge in [-0.1, -0.05) is 23.9 Å². The zero-order valence-corrected chi connectivity index (χ0v) is 11.3. The molecule has 1 aromatic heterocycles. The molecule has 0 saturated carbocycles. The minimum atomic E-state index is 0.473. The number of ether oxygens (including phenoxy) is 1. The predicted octanol–water partition coefficient (Wildman–Crippen LogP) is 2.67. The van der Waals surface area contributed by atoms with Gasteiger partial charge in [-0.15, -0.1) is 10.2 Å². The molecule has 0 aliphatic heterocycles. The summed E-state index contributed by atoms with van der Waals surface area (Å²) in [6, 6.07) is 9.79. The van der Waals surface area contributed by atoms with Crippen LogP contribution in [0.3, 0.4) is 0 Å². The van der Waals surface area contributed by atoms with Crippen LogP contribution < -0.4 is 4.74 Å². The van der Waals surface area contributed by atoms with Crippen molar-refractivity contribution in [3.8, 4) is 11.8 Å². The van der Waals surface area contributed by atoms with Crippen LogP contribution >= 0.6 is 11.8 Å². The number of aromatic nitrogens is 2. The fraction of sp³-hybridized carbons (Fsp3) is 0.308. The van der Waals surface area contributed by atoms with Gasteiger partial charge in [-0.2, -0.15) is 5.26 Å². The minimum Gasteiger partial charge on any atom is -0.497 e. The maximum atomic E-state index is 8.45. The Morgan fingerprint density at radius 1 is 1.32 bits per heavy atom. The molecule has 1 aromatic carbocycles. The Balaban J connectivity index is 1.93. The molecule has 0 aliphatic carbocycles. The van der Waals surface area contributed by atoms with Crippen LogP contribution in [0, 0.1) is 11.3 Å². The Kier molecular flexibility index (Phi) is 4.81.